The largest absolute Gasteiger partial charge is 0.496 e. The number of fused-ring (bicyclic) bond motifs is 1. The average Bonchev–Trinajstić information content (AvgIpc) is 3.42. The summed E-state index contributed by atoms with van der Waals surface area (Å²) in [5.41, 5.74) is 3.03. The topological polar surface area (TPSA) is 63.8 Å². The summed E-state index contributed by atoms with van der Waals surface area (Å²) in [5, 5.41) is 3.78. The molecule has 2 heterocycles. The van der Waals surface area contributed by atoms with Gasteiger partial charge in [0.2, 0.25) is 0 Å². The summed E-state index contributed by atoms with van der Waals surface area (Å²) in [5.74, 6) is 2.00. The maximum atomic E-state index is 13.3. The van der Waals surface area contributed by atoms with Crippen molar-refractivity contribution in [2.24, 2.45) is 16.3 Å². The molecule has 0 aliphatic heterocycles. The lowest BCUT2D eigenvalue weighted by Gasteiger charge is -2.33. The summed E-state index contributed by atoms with van der Waals surface area (Å²) in [6.07, 6.45) is 6.40. The quantitative estimate of drug-likeness (QED) is 0.352. The van der Waals surface area contributed by atoms with Crippen LogP contribution >= 0.6 is 27.3 Å². The molecule has 0 unspecified atom stereocenters. The highest BCUT2D eigenvalue weighted by atomic mass is 79.9. The number of halogens is 1. The monoisotopic (exact) mass is 528 g/mol. The van der Waals surface area contributed by atoms with Crippen LogP contribution in [0.15, 0.2) is 50.5 Å². The zero-order valence-corrected chi connectivity index (χ0v) is 21.8. The fourth-order valence-corrected chi connectivity index (χ4v) is 6.03. The summed E-state index contributed by atoms with van der Waals surface area (Å²) >= 11 is 5.17. The van der Waals surface area contributed by atoms with Crippen LogP contribution in [0.1, 0.15) is 59.3 Å². The van der Waals surface area contributed by atoms with Crippen LogP contribution < -0.4 is 10.1 Å². The molecule has 1 aromatic carbocycles. The highest BCUT2D eigenvalue weighted by Gasteiger charge is 2.33. The number of thiophene rings is 1. The minimum absolute atomic E-state index is 0.0961. The molecule has 174 valence electrons. The lowest BCUT2D eigenvalue weighted by Crippen LogP contribution is -2.28. The molecule has 1 aliphatic rings. The number of methoxy groups -OCH3 is 1. The van der Waals surface area contributed by atoms with E-state index < -0.39 is 0 Å². The van der Waals surface area contributed by atoms with Crippen LogP contribution in [0.4, 0.5) is 5.00 Å². The molecule has 1 amide bonds. The van der Waals surface area contributed by atoms with E-state index in [1.807, 2.05) is 36.5 Å². The van der Waals surface area contributed by atoms with Gasteiger partial charge in [-0.25, -0.2) is 4.99 Å². The predicted molar refractivity (Wildman–Crippen MR) is 137 cm³/mol. The van der Waals surface area contributed by atoms with Gasteiger partial charge in [-0.1, -0.05) is 20.8 Å². The number of ether oxygens (including phenoxy) is 1. The van der Waals surface area contributed by atoms with Crippen LogP contribution in [-0.4, -0.2) is 19.2 Å². The molecule has 0 spiro atoms. The maximum Gasteiger partial charge on any atom is 0.255 e. The summed E-state index contributed by atoms with van der Waals surface area (Å²) in [6, 6.07) is 9.49. The van der Waals surface area contributed by atoms with E-state index in [2.05, 4.69) is 42.0 Å². The third-order valence-corrected chi connectivity index (χ3v) is 7.99. The van der Waals surface area contributed by atoms with Crippen LogP contribution in [0.5, 0.6) is 5.75 Å². The van der Waals surface area contributed by atoms with Gasteiger partial charge in [0.1, 0.15) is 16.5 Å². The van der Waals surface area contributed by atoms with E-state index in [4.69, 9.17) is 14.1 Å². The van der Waals surface area contributed by atoms with Crippen molar-refractivity contribution in [1.82, 2.24) is 5.32 Å². The highest BCUT2D eigenvalue weighted by Crippen LogP contribution is 2.45. The Bertz CT molecular complexity index is 1160. The van der Waals surface area contributed by atoms with Gasteiger partial charge in [-0.3, -0.25) is 4.79 Å². The van der Waals surface area contributed by atoms with Gasteiger partial charge in [0, 0.05) is 11.1 Å². The Morgan fingerprint density at radius 1 is 1.36 bits per heavy atom. The predicted octanol–water partition coefficient (Wildman–Crippen LogP) is 6.94. The molecule has 0 saturated heterocycles. The second-order valence-electron chi connectivity index (χ2n) is 9.40. The molecule has 4 rings (SSSR count). The van der Waals surface area contributed by atoms with Crippen molar-refractivity contribution in [3.05, 3.63) is 68.4 Å². The number of benzene rings is 1. The first kappa shape index (κ1) is 23.8. The number of amides is 1. The van der Waals surface area contributed by atoms with Crippen molar-refractivity contribution in [3.63, 3.8) is 0 Å². The number of carbonyl (C=O) groups excluding carboxylic acids is 1. The van der Waals surface area contributed by atoms with Gasteiger partial charge in [0.15, 0.2) is 0 Å². The molecule has 2 aromatic heterocycles. The molecular weight excluding hydrogens is 500 g/mol. The maximum absolute atomic E-state index is 13.3. The van der Waals surface area contributed by atoms with Gasteiger partial charge in [0.25, 0.3) is 5.91 Å². The summed E-state index contributed by atoms with van der Waals surface area (Å²) in [4.78, 5) is 19.3. The van der Waals surface area contributed by atoms with Gasteiger partial charge < -0.3 is 14.5 Å². The first-order valence-corrected chi connectivity index (χ1v) is 12.7. The molecule has 1 N–H and O–H groups in total. The molecule has 3 aromatic rings. The van der Waals surface area contributed by atoms with Gasteiger partial charge in [-0.05, 0) is 88.0 Å². The van der Waals surface area contributed by atoms with Crippen molar-refractivity contribution in [3.8, 4) is 5.75 Å². The molecule has 7 heteroatoms. The summed E-state index contributed by atoms with van der Waals surface area (Å²) in [6.45, 7) is 7.26. The first-order chi connectivity index (χ1) is 15.8. The van der Waals surface area contributed by atoms with Crippen molar-refractivity contribution >= 4 is 44.4 Å². The Hall–Kier alpha value is -2.38. The second-order valence-corrected chi connectivity index (χ2v) is 11.3. The number of carbonyl (C=O) groups is 1. The molecule has 0 fully saturated rings. The van der Waals surface area contributed by atoms with E-state index in [1.54, 1.807) is 24.7 Å². The van der Waals surface area contributed by atoms with Crippen molar-refractivity contribution in [2.75, 3.05) is 7.11 Å². The number of furan rings is 1. The fraction of sp³-hybridized carbons (Fsp3) is 0.385. The Kier molecular flexibility index (Phi) is 7.10. The Morgan fingerprint density at radius 2 is 2.18 bits per heavy atom. The van der Waals surface area contributed by atoms with Crippen molar-refractivity contribution < 1.29 is 13.9 Å². The third kappa shape index (κ3) is 5.41. The number of aliphatic imine (C=N–C) groups is 1. The second kappa shape index (κ2) is 9.85. The van der Waals surface area contributed by atoms with Crippen molar-refractivity contribution in [2.45, 2.75) is 46.6 Å². The summed E-state index contributed by atoms with van der Waals surface area (Å²) in [7, 11) is 1.64. The minimum Gasteiger partial charge on any atom is -0.496 e. The molecule has 5 nitrogen and oxygen atoms in total. The standard InChI is InChI=1S/C26H29BrN2O3S/c1-26(2,3)17-8-9-19-22(13-17)33-25(23(19)24(30)28-15-18-6-5-11-32-18)29-14-16-7-10-21(31-4)20(27)12-16/h5-7,10-12,14,17H,8-9,13,15H2,1-4H3,(H,28,30)/t17-/m1/s1. The SMILES string of the molecule is COc1ccc(C=Nc2sc3c(c2C(=O)NCc2ccco2)CC[C@@H](C(C)(C)C)C3)cc1Br. The van der Waals surface area contributed by atoms with Gasteiger partial charge in [-0.2, -0.15) is 0 Å². The molecule has 1 atom stereocenters. The van der Waals surface area contributed by atoms with Gasteiger partial charge in [-0.15, -0.1) is 11.3 Å². The van der Waals surface area contributed by atoms with Crippen LogP contribution in [0.3, 0.4) is 0 Å². The van der Waals surface area contributed by atoms with Crippen molar-refractivity contribution in [1.29, 1.82) is 0 Å². The Labute approximate surface area is 207 Å². The molecular formula is C26H29BrN2O3S. The molecule has 0 saturated carbocycles. The Morgan fingerprint density at radius 3 is 2.85 bits per heavy atom. The molecule has 1 aliphatic carbocycles. The zero-order chi connectivity index (χ0) is 23.6. The van der Waals surface area contributed by atoms with E-state index >= 15 is 0 Å². The van der Waals surface area contributed by atoms with E-state index in [0.29, 0.717) is 18.0 Å². The highest BCUT2D eigenvalue weighted by molar-refractivity contribution is 9.10. The van der Waals surface area contributed by atoms with E-state index in [0.717, 1.165) is 51.4 Å². The molecule has 0 radical (unpaired) electrons. The average molecular weight is 530 g/mol. The zero-order valence-electron chi connectivity index (χ0n) is 19.4. The summed E-state index contributed by atoms with van der Waals surface area (Å²) < 4.78 is 11.6. The lowest BCUT2D eigenvalue weighted by molar-refractivity contribution is 0.0947. The number of rotatable bonds is 6. The third-order valence-electron chi connectivity index (χ3n) is 6.21. The Balaban J connectivity index is 1.65. The smallest absolute Gasteiger partial charge is 0.255 e. The molecule has 33 heavy (non-hydrogen) atoms. The van der Waals surface area contributed by atoms with E-state index in [1.165, 1.54) is 4.88 Å². The van der Waals surface area contributed by atoms with Gasteiger partial charge in [0.05, 0.1) is 30.0 Å². The first-order valence-electron chi connectivity index (χ1n) is 11.1. The van der Waals surface area contributed by atoms with Crippen LogP contribution in [0.2, 0.25) is 0 Å². The van der Waals surface area contributed by atoms with Gasteiger partial charge >= 0.3 is 0 Å². The fourth-order valence-electron chi connectivity index (χ4n) is 4.20. The number of hydrogen-bond donors (Lipinski definition) is 1. The van der Waals surface area contributed by atoms with Crippen LogP contribution in [0.25, 0.3) is 0 Å². The normalized spacial score (nSPS) is 16.1. The van der Waals surface area contributed by atoms with Crippen LogP contribution in [0, 0.1) is 11.3 Å². The van der Waals surface area contributed by atoms with E-state index in [9.17, 15) is 4.79 Å². The number of hydrogen-bond acceptors (Lipinski definition) is 5. The number of nitrogens with zero attached hydrogens (tertiary/aromatic N) is 1. The lowest BCUT2D eigenvalue weighted by atomic mass is 9.72. The minimum atomic E-state index is -0.0961. The van der Waals surface area contributed by atoms with E-state index in [-0.39, 0.29) is 11.3 Å². The van der Waals surface area contributed by atoms with Crippen LogP contribution in [-0.2, 0) is 19.4 Å². The number of nitrogens with one attached hydrogen (secondary N) is 1. The molecule has 0 bridgehead atoms.